The number of esters is 1. The number of nitrogens with one attached hydrogen (secondary N) is 1. The Bertz CT molecular complexity index is 619. The van der Waals surface area contributed by atoms with Gasteiger partial charge >= 0.3 is 5.97 Å². The van der Waals surface area contributed by atoms with E-state index in [1.807, 2.05) is 25.1 Å². The van der Waals surface area contributed by atoms with Crippen molar-refractivity contribution < 1.29 is 19.1 Å². The van der Waals surface area contributed by atoms with Gasteiger partial charge in [-0.05, 0) is 42.9 Å². The number of amides is 1. The molecule has 1 fully saturated rings. The van der Waals surface area contributed by atoms with Gasteiger partial charge in [0.05, 0.1) is 0 Å². The lowest BCUT2D eigenvalue weighted by Crippen LogP contribution is -2.38. The molecule has 5 heteroatoms. The van der Waals surface area contributed by atoms with E-state index in [0.717, 1.165) is 36.8 Å². The standard InChI is InChI=1S/C22H33NO4/c1-16(2)19-12-11-17(3)13-20(19)26-15-22(25)27-14-21(24)23-18-9-7-5-4-6-8-10-18/h11-13,16,18H,4-10,14-15H2,1-3H3,(H,23,24). The van der Waals surface area contributed by atoms with Gasteiger partial charge in [-0.2, -0.15) is 0 Å². The first kappa shape index (κ1) is 21.3. The summed E-state index contributed by atoms with van der Waals surface area (Å²) in [4.78, 5) is 24.0. The van der Waals surface area contributed by atoms with Crippen LogP contribution < -0.4 is 10.1 Å². The van der Waals surface area contributed by atoms with Crippen LogP contribution in [-0.4, -0.2) is 31.1 Å². The highest BCUT2D eigenvalue weighted by Crippen LogP contribution is 2.27. The summed E-state index contributed by atoms with van der Waals surface area (Å²) in [5.74, 6) is 0.235. The first-order chi connectivity index (χ1) is 13.0. The summed E-state index contributed by atoms with van der Waals surface area (Å²) < 4.78 is 10.7. The predicted octanol–water partition coefficient (Wildman–Crippen LogP) is 4.27. The van der Waals surface area contributed by atoms with Crippen molar-refractivity contribution in [2.75, 3.05) is 13.2 Å². The Morgan fingerprint density at radius 2 is 1.74 bits per heavy atom. The molecule has 0 bridgehead atoms. The minimum atomic E-state index is -0.529. The third-order valence-corrected chi connectivity index (χ3v) is 4.97. The number of ether oxygens (including phenoxy) is 2. The fourth-order valence-electron chi connectivity index (χ4n) is 3.44. The largest absolute Gasteiger partial charge is 0.482 e. The van der Waals surface area contributed by atoms with Crippen molar-refractivity contribution in [3.05, 3.63) is 29.3 Å². The van der Waals surface area contributed by atoms with E-state index in [9.17, 15) is 9.59 Å². The second-order valence-corrected chi connectivity index (χ2v) is 7.75. The monoisotopic (exact) mass is 375 g/mol. The molecule has 1 aliphatic rings. The van der Waals surface area contributed by atoms with Gasteiger partial charge in [0.1, 0.15) is 5.75 Å². The minimum absolute atomic E-state index is 0.195. The van der Waals surface area contributed by atoms with Gasteiger partial charge in [-0.25, -0.2) is 4.79 Å². The molecule has 1 amide bonds. The molecule has 150 valence electrons. The molecule has 1 aromatic rings. The quantitative estimate of drug-likeness (QED) is 0.723. The molecule has 1 N–H and O–H groups in total. The topological polar surface area (TPSA) is 64.6 Å². The molecule has 0 spiro atoms. The average Bonchev–Trinajstić information content (AvgIpc) is 2.60. The molecule has 0 unspecified atom stereocenters. The van der Waals surface area contributed by atoms with Gasteiger partial charge < -0.3 is 14.8 Å². The summed E-state index contributed by atoms with van der Waals surface area (Å²) in [6.07, 6.45) is 8.06. The molecule has 1 aliphatic carbocycles. The molecule has 0 saturated heterocycles. The Kier molecular flexibility index (Phi) is 8.62. The third-order valence-electron chi connectivity index (χ3n) is 4.97. The van der Waals surface area contributed by atoms with Crippen molar-refractivity contribution in [2.45, 2.75) is 77.7 Å². The SMILES string of the molecule is Cc1ccc(C(C)C)c(OCC(=O)OCC(=O)NC2CCCCCCC2)c1. The predicted molar refractivity (Wildman–Crippen MR) is 106 cm³/mol. The number of hydrogen-bond acceptors (Lipinski definition) is 4. The fourth-order valence-corrected chi connectivity index (χ4v) is 3.44. The Labute approximate surface area is 162 Å². The molecule has 0 atom stereocenters. The lowest BCUT2D eigenvalue weighted by molar-refractivity contribution is -0.150. The maximum absolute atomic E-state index is 12.0. The van der Waals surface area contributed by atoms with Gasteiger partial charge in [-0.1, -0.05) is 58.1 Å². The van der Waals surface area contributed by atoms with Crippen molar-refractivity contribution >= 4 is 11.9 Å². The first-order valence-corrected chi connectivity index (χ1v) is 10.1. The van der Waals surface area contributed by atoms with Gasteiger partial charge in [-0.3, -0.25) is 4.79 Å². The van der Waals surface area contributed by atoms with Gasteiger partial charge in [-0.15, -0.1) is 0 Å². The van der Waals surface area contributed by atoms with Crippen molar-refractivity contribution in [2.24, 2.45) is 0 Å². The highest BCUT2D eigenvalue weighted by atomic mass is 16.6. The summed E-state index contributed by atoms with van der Waals surface area (Å²) in [6, 6.07) is 6.17. The smallest absolute Gasteiger partial charge is 0.344 e. The summed E-state index contributed by atoms with van der Waals surface area (Å²) >= 11 is 0. The molecular weight excluding hydrogens is 342 g/mol. The van der Waals surface area contributed by atoms with Crippen LogP contribution in [0.15, 0.2) is 18.2 Å². The molecule has 2 rings (SSSR count). The van der Waals surface area contributed by atoms with Crippen LogP contribution >= 0.6 is 0 Å². The number of hydrogen-bond donors (Lipinski definition) is 1. The maximum atomic E-state index is 12.0. The van der Waals surface area contributed by atoms with Crippen molar-refractivity contribution in [3.63, 3.8) is 0 Å². The summed E-state index contributed by atoms with van der Waals surface area (Å²) in [6.45, 7) is 5.70. The molecular formula is C22H33NO4. The van der Waals surface area contributed by atoms with Crippen LogP contribution in [0.1, 0.15) is 75.8 Å². The molecule has 5 nitrogen and oxygen atoms in total. The van der Waals surface area contributed by atoms with Gasteiger partial charge in [0, 0.05) is 6.04 Å². The van der Waals surface area contributed by atoms with E-state index in [4.69, 9.17) is 9.47 Å². The van der Waals surface area contributed by atoms with Crippen LogP contribution in [0.25, 0.3) is 0 Å². The van der Waals surface area contributed by atoms with Crippen molar-refractivity contribution in [1.29, 1.82) is 0 Å². The summed E-state index contributed by atoms with van der Waals surface area (Å²) in [5, 5.41) is 2.99. The minimum Gasteiger partial charge on any atom is -0.482 e. The zero-order chi connectivity index (χ0) is 19.6. The van der Waals surface area contributed by atoms with E-state index in [-0.39, 0.29) is 25.2 Å². The Morgan fingerprint density at radius 1 is 1.07 bits per heavy atom. The van der Waals surface area contributed by atoms with E-state index >= 15 is 0 Å². The molecule has 0 radical (unpaired) electrons. The molecule has 0 aliphatic heterocycles. The fraction of sp³-hybridized carbons (Fsp3) is 0.636. The van der Waals surface area contributed by atoms with Crippen molar-refractivity contribution in [1.82, 2.24) is 5.32 Å². The highest BCUT2D eigenvalue weighted by molar-refractivity contribution is 5.81. The number of carbonyl (C=O) groups excluding carboxylic acids is 2. The van der Waals surface area contributed by atoms with Crippen molar-refractivity contribution in [3.8, 4) is 5.75 Å². The lowest BCUT2D eigenvalue weighted by Gasteiger charge is -2.21. The van der Waals surface area contributed by atoms with Crippen LogP contribution in [0, 0.1) is 6.92 Å². The van der Waals surface area contributed by atoms with Crippen LogP contribution in [0.5, 0.6) is 5.75 Å². The summed E-state index contributed by atoms with van der Waals surface area (Å²) in [5.41, 5.74) is 2.12. The third kappa shape index (κ3) is 7.61. The highest BCUT2D eigenvalue weighted by Gasteiger charge is 2.16. The Balaban J connectivity index is 1.74. The van der Waals surface area contributed by atoms with Gasteiger partial charge in [0.25, 0.3) is 5.91 Å². The number of aryl methyl sites for hydroxylation is 1. The first-order valence-electron chi connectivity index (χ1n) is 10.1. The van der Waals surface area contributed by atoms with E-state index in [1.165, 1.54) is 19.3 Å². The van der Waals surface area contributed by atoms with E-state index in [1.54, 1.807) is 0 Å². The maximum Gasteiger partial charge on any atom is 0.344 e. The van der Waals surface area contributed by atoms with Gasteiger partial charge in [0.15, 0.2) is 13.2 Å². The zero-order valence-corrected chi connectivity index (χ0v) is 16.9. The Morgan fingerprint density at radius 3 is 2.41 bits per heavy atom. The Hall–Kier alpha value is -2.04. The number of benzene rings is 1. The average molecular weight is 376 g/mol. The van der Waals surface area contributed by atoms with E-state index < -0.39 is 5.97 Å². The number of rotatable bonds is 7. The van der Waals surface area contributed by atoms with Crippen LogP contribution in [0.3, 0.4) is 0 Å². The van der Waals surface area contributed by atoms with Crippen LogP contribution in [0.2, 0.25) is 0 Å². The molecule has 0 heterocycles. The molecule has 1 saturated carbocycles. The second kappa shape index (κ2) is 11.0. The van der Waals surface area contributed by atoms with E-state index in [2.05, 4.69) is 19.2 Å². The normalized spacial score (nSPS) is 15.7. The van der Waals surface area contributed by atoms with E-state index in [0.29, 0.717) is 11.7 Å². The van der Waals surface area contributed by atoms with Crippen LogP contribution in [0.4, 0.5) is 0 Å². The molecule has 27 heavy (non-hydrogen) atoms. The van der Waals surface area contributed by atoms with Crippen LogP contribution in [-0.2, 0) is 14.3 Å². The number of carbonyl (C=O) groups is 2. The lowest BCUT2D eigenvalue weighted by atomic mass is 9.97. The molecule has 0 aromatic heterocycles. The summed E-state index contributed by atoms with van der Waals surface area (Å²) in [7, 11) is 0. The zero-order valence-electron chi connectivity index (χ0n) is 16.9. The van der Waals surface area contributed by atoms with Gasteiger partial charge in [0.2, 0.25) is 0 Å². The second-order valence-electron chi connectivity index (χ2n) is 7.75. The molecule has 1 aromatic carbocycles.